The molecular formula is C24H23N3O3. The van der Waals surface area contributed by atoms with Crippen LogP contribution in [-0.4, -0.2) is 40.4 Å². The standard InChI is InChI=1S/C24H23N3O3/c1-3-16-11-12-19-20(14-16)26-23(25-19)21-10-7-13-27(21)24(29)18(15-22(28)30-2)17-8-5-4-6-9-17/h1,4-6,8-9,11-12,14,18,21H,7,10,13,15H2,2H3,(H,25,26)/t18-,21+/m1/s1. The molecule has 0 saturated carbocycles. The molecule has 4 rings (SSSR count). The zero-order valence-electron chi connectivity index (χ0n) is 16.8. The molecule has 6 heteroatoms. The lowest BCUT2D eigenvalue weighted by atomic mass is 9.94. The molecular weight excluding hydrogens is 378 g/mol. The number of esters is 1. The summed E-state index contributed by atoms with van der Waals surface area (Å²) in [6.07, 6.45) is 7.20. The van der Waals surface area contributed by atoms with Crippen LogP contribution in [0.25, 0.3) is 11.0 Å². The predicted octanol–water partition coefficient (Wildman–Crippen LogP) is 3.55. The number of carbonyl (C=O) groups is 2. The van der Waals surface area contributed by atoms with Crippen LogP contribution in [0, 0.1) is 12.3 Å². The fraction of sp³-hybridized carbons (Fsp3) is 0.292. The van der Waals surface area contributed by atoms with Crippen molar-refractivity contribution in [1.82, 2.24) is 14.9 Å². The third-order valence-corrected chi connectivity index (χ3v) is 5.62. The smallest absolute Gasteiger partial charge is 0.306 e. The van der Waals surface area contributed by atoms with Crippen LogP contribution < -0.4 is 0 Å². The van der Waals surface area contributed by atoms with Crippen LogP contribution in [0.3, 0.4) is 0 Å². The van der Waals surface area contributed by atoms with Crippen molar-refractivity contribution in [1.29, 1.82) is 0 Å². The van der Waals surface area contributed by atoms with E-state index in [1.165, 1.54) is 7.11 Å². The first-order chi connectivity index (χ1) is 14.6. The van der Waals surface area contributed by atoms with Gasteiger partial charge in [0.05, 0.1) is 36.5 Å². The topological polar surface area (TPSA) is 75.3 Å². The molecule has 1 aliphatic rings. The molecule has 3 aromatic rings. The second-order valence-corrected chi connectivity index (χ2v) is 7.43. The molecule has 1 aliphatic heterocycles. The van der Waals surface area contributed by atoms with E-state index >= 15 is 0 Å². The number of fused-ring (bicyclic) bond motifs is 1. The number of hydrogen-bond donors (Lipinski definition) is 1. The lowest BCUT2D eigenvalue weighted by Gasteiger charge is -2.28. The summed E-state index contributed by atoms with van der Waals surface area (Å²) < 4.78 is 4.84. The van der Waals surface area contributed by atoms with Crippen molar-refractivity contribution in [3.8, 4) is 12.3 Å². The number of likely N-dealkylation sites (tertiary alicyclic amines) is 1. The lowest BCUT2D eigenvalue weighted by molar-refractivity contribution is -0.145. The summed E-state index contributed by atoms with van der Waals surface area (Å²) in [6.45, 7) is 0.626. The van der Waals surface area contributed by atoms with Crippen LogP contribution in [0.2, 0.25) is 0 Å². The number of rotatable bonds is 5. The van der Waals surface area contributed by atoms with E-state index in [9.17, 15) is 9.59 Å². The Morgan fingerprint density at radius 3 is 2.83 bits per heavy atom. The number of aromatic amines is 1. The van der Waals surface area contributed by atoms with E-state index in [1.54, 1.807) is 0 Å². The molecule has 6 nitrogen and oxygen atoms in total. The monoisotopic (exact) mass is 401 g/mol. The van der Waals surface area contributed by atoms with E-state index in [-0.39, 0.29) is 18.4 Å². The first-order valence-corrected chi connectivity index (χ1v) is 9.99. The Morgan fingerprint density at radius 1 is 1.30 bits per heavy atom. The zero-order chi connectivity index (χ0) is 21.1. The summed E-state index contributed by atoms with van der Waals surface area (Å²) in [5.74, 6) is 2.30. The summed E-state index contributed by atoms with van der Waals surface area (Å²) in [5.41, 5.74) is 3.26. The molecule has 2 atom stereocenters. The SMILES string of the molecule is C#Cc1ccc2nc([C@@H]3CCCN3C(=O)[C@H](CC(=O)OC)c3ccccc3)[nH]c2c1. The summed E-state index contributed by atoms with van der Waals surface area (Å²) in [7, 11) is 1.34. The van der Waals surface area contributed by atoms with Crippen molar-refractivity contribution in [2.75, 3.05) is 13.7 Å². The Balaban J connectivity index is 1.65. The molecule has 0 bridgehead atoms. The Morgan fingerprint density at radius 2 is 2.10 bits per heavy atom. The normalized spacial score (nSPS) is 16.9. The minimum absolute atomic E-state index is 0.00816. The molecule has 30 heavy (non-hydrogen) atoms. The van der Waals surface area contributed by atoms with Gasteiger partial charge in [0.15, 0.2) is 0 Å². The van der Waals surface area contributed by atoms with Gasteiger partial charge in [-0.1, -0.05) is 36.3 Å². The largest absolute Gasteiger partial charge is 0.469 e. The first-order valence-electron chi connectivity index (χ1n) is 9.99. The Hall–Kier alpha value is -3.59. The van der Waals surface area contributed by atoms with Crippen molar-refractivity contribution in [3.05, 3.63) is 65.5 Å². The zero-order valence-corrected chi connectivity index (χ0v) is 16.8. The van der Waals surface area contributed by atoms with Crippen LogP contribution in [0.5, 0.6) is 0 Å². The Kier molecular flexibility index (Phi) is 5.53. The summed E-state index contributed by atoms with van der Waals surface area (Å²) in [5, 5.41) is 0. The van der Waals surface area contributed by atoms with E-state index in [1.807, 2.05) is 53.4 Å². The summed E-state index contributed by atoms with van der Waals surface area (Å²) in [6, 6.07) is 14.8. The number of H-pyrrole nitrogens is 1. The van der Waals surface area contributed by atoms with Gasteiger partial charge in [-0.05, 0) is 36.6 Å². The number of terminal acetylenes is 1. The minimum Gasteiger partial charge on any atom is -0.469 e. The van der Waals surface area contributed by atoms with Crippen LogP contribution in [0.1, 0.15) is 48.2 Å². The average molecular weight is 401 g/mol. The molecule has 1 N–H and O–H groups in total. The van der Waals surface area contributed by atoms with Crippen molar-refractivity contribution in [2.45, 2.75) is 31.2 Å². The van der Waals surface area contributed by atoms with E-state index in [0.29, 0.717) is 6.54 Å². The maximum atomic E-state index is 13.5. The van der Waals surface area contributed by atoms with Gasteiger partial charge in [-0.2, -0.15) is 0 Å². The molecule has 0 aliphatic carbocycles. The van der Waals surface area contributed by atoms with Crippen LogP contribution in [0.4, 0.5) is 0 Å². The number of nitrogens with one attached hydrogen (secondary N) is 1. The fourth-order valence-electron chi connectivity index (χ4n) is 4.07. The summed E-state index contributed by atoms with van der Waals surface area (Å²) >= 11 is 0. The highest BCUT2D eigenvalue weighted by molar-refractivity contribution is 5.89. The second-order valence-electron chi connectivity index (χ2n) is 7.43. The van der Waals surface area contributed by atoms with Gasteiger partial charge in [0.1, 0.15) is 5.82 Å². The van der Waals surface area contributed by atoms with E-state index in [4.69, 9.17) is 16.1 Å². The lowest BCUT2D eigenvalue weighted by Crippen LogP contribution is -2.36. The van der Waals surface area contributed by atoms with Gasteiger partial charge in [-0.15, -0.1) is 6.42 Å². The van der Waals surface area contributed by atoms with Gasteiger partial charge in [0.25, 0.3) is 0 Å². The number of methoxy groups -OCH3 is 1. The number of nitrogens with zero attached hydrogens (tertiary/aromatic N) is 2. The van der Waals surface area contributed by atoms with Crippen LogP contribution >= 0.6 is 0 Å². The molecule has 1 fully saturated rings. The van der Waals surface area contributed by atoms with E-state index in [2.05, 4.69) is 10.9 Å². The van der Waals surface area contributed by atoms with Gasteiger partial charge in [0, 0.05) is 12.1 Å². The van der Waals surface area contributed by atoms with Crippen molar-refractivity contribution in [2.24, 2.45) is 0 Å². The number of benzene rings is 2. The maximum absolute atomic E-state index is 13.5. The fourth-order valence-corrected chi connectivity index (χ4v) is 4.07. The Labute approximate surface area is 175 Å². The highest BCUT2D eigenvalue weighted by Gasteiger charge is 2.37. The number of carbonyl (C=O) groups excluding carboxylic acids is 2. The second kappa shape index (κ2) is 8.42. The molecule has 0 spiro atoms. The number of ether oxygens (including phenoxy) is 1. The Bertz CT molecular complexity index is 1110. The van der Waals surface area contributed by atoms with Gasteiger partial charge in [0.2, 0.25) is 5.91 Å². The number of imidazole rings is 1. The predicted molar refractivity (Wildman–Crippen MR) is 114 cm³/mol. The highest BCUT2D eigenvalue weighted by atomic mass is 16.5. The van der Waals surface area contributed by atoms with Crippen molar-refractivity contribution in [3.63, 3.8) is 0 Å². The van der Waals surface area contributed by atoms with Gasteiger partial charge >= 0.3 is 5.97 Å². The van der Waals surface area contributed by atoms with Crippen LogP contribution in [-0.2, 0) is 14.3 Å². The van der Waals surface area contributed by atoms with E-state index in [0.717, 1.165) is 40.8 Å². The number of hydrogen-bond acceptors (Lipinski definition) is 4. The van der Waals surface area contributed by atoms with Gasteiger partial charge in [-0.3, -0.25) is 9.59 Å². The van der Waals surface area contributed by atoms with E-state index < -0.39 is 11.9 Å². The molecule has 152 valence electrons. The third kappa shape index (κ3) is 3.79. The average Bonchev–Trinajstić information content (AvgIpc) is 3.43. The quantitative estimate of drug-likeness (QED) is 0.524. The third-order valence-electron chi connectivity index (χ3n) is 5.62. The van der Waals surface area contributed by atoms with Gasteiger partial charge in [-0.25, -0.2) is 4.98 Å². The maximum Gasteiger partial charge on any atom is 0.306 e. The van der Waals surface area contributed by atoms with Gasteiger partial charge < -0.3 is 14.6 Å². The summed E-state index contributed by atoms with van der Waals surface area (Å²) in [4.78, 5) is 35.4. The molecule has 0 unspecified atom stereocenters. The minimum atomic E-state index is -0.586. The number of aromatic nitrogens is 2. The first kappa shape index (κ1) is 19.7. The van der Waals surface area contributed by atoms with Crippen LogP contribution in [0.15, 0.2) is 48.5 Å². The molecule has 1 saturated heterocycles. The van der Waals surface area contributed by atoms with Crippen molar-refractivity contribution >= 4 is 22.9 Å². The molecule has 0 radical (unpaired) electrons. The molecule has 2 heterocycles. The highest BCUT2D eigenvalue weighted by Crippen LogP contribution is 2.35. The molecule has 2 aromatic carbocycles. The van der Waals surface area contributed by atoms with Crippen molar-refractivity contribution < 1.29 is 14.3 Å². The molecule has 1 aromatic heterocycles. The number of amides is 1. The molecule has 1 amide bonds.